The SMILES string of the molecule is CN(C)C1C=CN([C@H]2CC(O)[C@@H](COP(C)(=O)OP(C)(=O)CP(C)(=O)O)O2)C(=O)N1C. The molecular formula is C16H32N3O9P3. The minimum atomic E-state index is -3.87. The van der Waals surface area contributed by atoms with E-state index in [1.165, 1.54) is 9.80 Å². The molecule has 1 saturated heterocycles. The average Bonchev–Trinajstić information content (AvgIpc) is 2.92. The van der Waals surface area contributed by atoms with Gasteiger partial charge in [-0.15, -0.1) is 0 Å². The summed E-state index contributed by atoms with van der Waals surface area (Å²) in [5.41, 5.74) is 0. The van der Waals surface area contributed by atoms with Crippen LogP contribution in [0, 0.1) is 0 Å². The van der Waals surface area contributed by atoms with Gasteiger partial charge in [0.05, 0.1) is 12.7 Å². The summed E-state index contributed by atoms with van der Waals surface area (Å²) in [5.74, 6) is -0.628. The molecule has 0 bridgehead atoms. The van der Waals surface area contributed by atoms with Gasteiger partial charge in [0.25, 0.3) is 0 Å². The molecule has 0 radical (unpaired) electrons. The number of hydrogen-bond acceptors (Lipinski definition) is 9. The molecule has 0 aromatic heterocycles. The first-order valence-electron chi connectivity index (χ1n) is 9.54. The molecule has 2 rings (SSSR count). The maximum Gasteiger partial charge on any atom is 0.333 e. The molecule has 180 valence electrons. The standard InChI is InChI=1S/C16H32N3O9P3/c1-17(2)14-7-8-19(16(21)18(14)3)15-9-12(20)13(27-15)10-26-31(6,25)28-30(5,24)11-29(4,22)23/h7-8,12-15,20H,9-11H2,1-6H3,(H,22,23)/t12?,13-,14?,15-,30?,31?/m1/s1. The normalized spacial score (nSPS) is 32.7. The molecule has 2 amide bonds. The van der Waals surface area contributed by atoms with Gasteiger partial charge in [0.2, 0.25) is 14.7 Å². The summed E-state index contributed by atoms with van der Waals surface area (Å²) >= 11 is 0. The Balaban J connectivity index is 1.97. The van der Waals surface area contributed by atoms with Gasteiger partial charge in [-0.05, 0) is 20.2 Å². The van der Waals surface area contributed by atoms with E-state index in [0.29, 0.717) is 0 Å². The van der Waals surface area contributed by atoms with Crippen LogP contribution in [0.15, 0.2) is 12.3 Å². The molecule has 0 aromatic rings. The third kappa shape index (κ3) is 7.49. The molecule has 1 fully saturated rings. The van der Waals surface area contributed by atoms with Crippen LogP contribution in [0.25, 0.3) is 0 Å². The van der Waals surface area contributed by atoms with E-state index in [9.17, 15) is 28.5 Å². The van der Waals surface area contributed by atoms with Crippen LogP contribution in [0.2, 0.25) is 0 Å². The molecule has 0 aliphatic carbocycles. The molecule has 2 N–H and O–H groups in total. The minimum Gasteiger partial charge on any atom is -0.390 e. The van der Waals surface area contributed by atoms with Crippen LogP contribution >= 0.6 is 22.3 Å². The lowest BCUT2D eigenvalue weighted by Gasteiger charge is -2.39. The molecule has 0 spiro atoms. The van der Waals surface area contributed by atoms with Gasteiger partial charge >= 0.3 is 13.6 Å². The van der Waals surface area contributed by atoms with Crippen molar-refractivity contribution in [2.75, 3.05) is 53.6 Å². The summed E-state index contributed by atoms with van der Waals surface area (Å²) < 4.78 is 52.4. The number of nitrogens with zero attached hydrogens (tertiary/aromatic N) is 3. The lowest BCUT2D eigenvalue weighted by atomic mass is 10.2. The second kappa shape index (κ2) is 9.75. The summed E-state index contributed by atoms with van der Waals surface area (Å²) in [6, 6.07) is -0.301. The van der Waals surface area contributed by atoms with Crippen LogP contribution in [0.1, 0.15) is 6.42 Å². The fourth-order valence-corrected chi connectivity index (χ4v) is 11.1. The Morgan fingerprint density at radius 1 is 1.26 bits per heavy atom. The lowest BCUT2D eigenvalue weighted by Crippen LogP contribution is -2.54. The highest BCUT2D eigenvalue weighted by molar-refractivity contribution is 7.78. The van der Waals surface area contributed by atoms with Gasteiger partial charge in [-0.2, -0.15) is 0 Å². The number of rotatable bonds is 9. The first kappa shape index (κ1) is 26.7. The van der Waals surface area contributed by atoms with Crippen LogP contribution in [0.3, 0.4) is 0 Å². The maximum absolute atomic E-state index is 12.7. The zero-order valence-electron chi connectivity index (χ0n) is 18.5. The van der Waals surface area contributed by atoms with E-state index in [0.717, 1.165) is 20.0 Å². The van der Waals surface area contributed by atoms with Gasteiger partial charge in [-0.25, -0.2) is 4.79 Å². The zero-order chi connectivity index (χ0) is 23.8. The maximum atomic E-state index is 12.7. The van der Waals surface area contributed by atoms with Crippen molar-refractivity contribution in [1.82, 2.24) is 14.7 Å². The fraction of sp³-hybridized carbons (Fsp3) is 0.812. The molecule has 5 unspecified atom stereocenters. The van der Waals surface area contributed by atoms with E-state index in [4.69, 9.17) is 13.6 Å². The lowest BCUT2D eigenvalue weighted by molar-refractivity contribution is -0.0562. The highest BCUT2D eigenvalue weighted by atomic mass is 31.3. The molecule has 0 saturated carbocycles. The van der Waals surface area contributed by atoms with Gasteiger partial charge in [-0.1, -0.05) is 0 Å². The van der Waals surface area contributed by atoms with Gasteiger partial charge in [0.15, 0.2) is 0 Å². The number of aliphatic hydroxyl groups excluding tert-OH is 1. The van der Waals surface area contributed by atoms with Crippen molar-refractivity contribution in [1.29, 1.82) is 0 Å². The second-order valence-electron chi connectivity index (χ2n) is 8.31. The third-order valence-electron chi connectivity index (χ3n) is 4.70. The van der Waals surface area contributed by atoms with E-state index in [1.807, 2.05) is 25.1 Å². The fourth-order valence-electron chi connectivity index (χ4n) is 3.48. The predicted octanol–water partition coefficient (Wildman–Crippen LogP) is 1.85. The highest BCUT2D eigenvalue weighted by Crippen LogP contribution is 2.65. The van der Waals surface area contributed by atoms with Crippen LogP contribution < -0.4 is 0 Å². The molecule has 31 heavy (non-hydrogen) atoms. The van der Waals surface area contributed by atoms with Crippen molar-refractivity contribution in [2.24, 2.45) is 0 Å². The number of carbonyl (C=O) groups is 1. The monoisotopic (exact) mass is 503 g/mol. The van der Waals surface area contributed by atoms with Gasteiger partial charge in [-0.3, -0.25) is 27.8 Å². The number of hydrogen-bond donors (Lipinski definition) is 2. The number of amides is 2. The molecule has 2 aliphatic rings. The molecule has 2 heterocycles. The summed E-state index contributed by atoms with van der Waals surface area (Å²) in [7, 11) is -5.82. The van der Waals surface area contributed by atoms with Crippen molar-refractivity contribution in [3.05, 3.63) is 12.3 Å². The van der Waals surface area contributed by atoms with Crippen LogP contribution in [0.4, 0.5) is 4.79 Å². The predicted molar refractivity (Wildman–Crippen MR) is 116 cm³/mol. The van der Waals surface area contributed by atoms with Crippen LogP contribution in [-0.4, -0.2) is 109 Å². The third-order valence-corrected chi connectivity index (χ3v) is 12.0. The molecule has 15 heteroatoms. The number of aliphatic hydroxyl groups is 1. The van der Waals surface area contributed by atoms with E-state index < -0.39 is 46.7 Å². The van der Waals surface area contributed by atoms with Crippen LogP contribution in [-0.2, 0) is 27.3 Å². The minimum absolute atomic E-state index is 0.120. The molecule has 7 atom stereocenters. The van der Waals surface area contributed by atoms with Crippen molar-refractivity contribution < 1.29 is 42.1 Å². The van der Waals surface area contributed by atoms with Gasteiger partial charge < -0.3 is 24.2 Å². The van der Waals surface area contributed by atoms with E-state index in [-0.39, 0.29) is 25.2 Å². The number of carbonyl (C=O) groups excluding carboxylic acids is 1. The van der Waals surface area contributed by atoms with E-state index in [1.54, 1.807) is 13.2 Å². The Morgan fingerprint density at radius 3 is 2.42 bits per heavy atom. The largest absolute Gasteiger partial charge is 0.390 e. The summed E-state index contributed by atoms with van der Waals surface area (Å²) in [5, 5.41) is 10.3. The first-order valence-corrected chi connectivity index (χ1v) is 16.1. The number of likely N-dealkylation sites (N-methyl/N-ethyl adjacent to an activating group) is 2. The average molecular weight is 503 g/mol. The Morgan fingerprint density at radius 2 is 1.87 bits per heavy atom. The number of urea groups is 1. The second-order valence-corrected chi connectivity index (χ2v) is 16.0. The molecule has 0 aromatic carbocycles. The van der Waals surface area contributed by atoms with E-state index >= 15 is 0 Å². The van der Waals surface area contributed by atoms with E-state index in [2.05, 4.69) is 0 Å². The smallest absolute Gasteiger partial charge is 0.333 e. The Labute approximate surface area is 182 Å². The van der Waals surface area contributed by atoms with Crippen molar-refractivity contribution in [3.63, 3.8) is 0 Å². The van der Waals surface area contributed by atoms with Gasteiger partial charge in [0, 0.05) is 39.7 Å². The molecule has 2 aliphatic heterocycles. The van der Waals surface area contributed by atoms with Crippen molar-refractivity contribution >= 4 is 28.4 Å². The summed E-state index contributed by atoms with van der Waals surface area (Å²) in [6.45, 7) is 2.90. The topological polar surface area (TPSA) is 146 Å². The molecular weight excluding hydrogens is 471 g/mol. The summed E-state index contributed by atoms with van der Waals surface area (Å²) in [4.78, 5) is 26.8. The first-order chi connectivity index (χ1) is 14.0. The quantitative estimate of drug-likeness (QED) is 0.447. The van der Waals surface area contributed by atoms with Crippen molar-refractivity contribution in [2.45, 2.75) is 31.0 Å². The van der Waals surface area contributed by atoms with Crippen LogP contribution in [0.5, 0.6) is 0 Å². The molecule has 12 nitrogen and oxygen atoms in total. The number of ether oxygens (including phenoxy) is 1. The summed E-state index contributed by atoms with van der Waals surface area (Å²) in [6.07, 6.45) is 0.701. The van der Waals surface area contributed by atoms with Gasteiger partial charge in [0.1, 0.15) is 24.4 Å². The highest BCUT2D eigenvalue weighted by Gasteiger charge is 2.42. The zero-order valence-corrected chi connectivity index (χ0v) is 21.2. The Bertz CT molecular complexity index is 845. The Hall–Kier alpha value is -0.540. The Kier molecular flexibility index (Phi) is 8.40. The van der Waals surface area contributed by atoms with Crippen molar-refractivity contribution in [3.8, 4) is 0 Å².